The van der Waals surface area contributed by atoms with Crippen LogP contribution in [0.5, 0.6) is 0 Å². The van der Waals surface area contributed by atoms with Crippen molar-refractivity contribution in [1.29, 1.82) is 0 Å². The van der Waals surface area contributed by atoms with E-state index in [4.69, 9.17) is 10.7 Å². The average Bonchev–Trinajstić information content (AvgIpc) is 2.83. The fourth-order valence-corrected chi connectivity index (χ4v) is 3.16. The molecule has 4 nitrogen and oxygen atoms in total. The van der Waals surface area contributed by atoms with Gasteiger partial charge in [0.15, 0.2) is 0 Å². The maximum absolute atomic E-state index is 5.74. The van der Waals surface area contributed by atoms with Crippen molar-refractivity contribution >= 4 is 11.0 Å². The van der Waals surface area contributed by atoms with E-state index >= 15 is 0 Å². The molecule has 0 saturated heterocycles. The number of hydrogen-bond donors (Lipinski definition) is 1. The summed E-state index contributed by atoms with van der Waals surface area (Å²) in [5.41, 5.74) is 7.94. The maximum atomic E-state index is 5.74. The average molecular weight is 288 g/mol. The molecule has 2 heterocycles. The lowest BCUT2D eigenvalue weighted by atomic mass is 9.94. The first kappa shape index (κ1) is 16.0. The zero-order valence-electron chi connectivity index (χ0n) is 13.5. The van der Waals surface area contributed by atoms with E-state index in [2.05, 4.69) is 36.4 Å². The van der Waals surface area contributed by atoms with Gasteiger partial charge in [0.25, 0.3) is 0 Å². The van der Waals surface area contributed by atoms with E-state index in [0.717, 1.165) is 30.8 Å². The third-order valence-electron chi connectivity index (χ3n) is 4.13. The van der Waals surface area contributed by atoms with Crippen LogP contribution >= 0.6 is 0 Å². The first-order valence-electron chi connectivity index (χ1n) is 8.18. The van der Waals surface area contributed by atoms with Gasteiger partial charge >= 0.3 is 0 Å². The highest BCUT2D eigenvalue weighted by molar-refractivity contribution is 5.74. The SMILES string of the molecule is CCCC(CCN)CCc1nc2cnccc2n1C(C)C. The zero-order chi connectivity index (χ0) is 15.2. The molecule has 0 aromatic carbocycles. The summed E-state index contributed by atoms with van der Waals surface area (Å²) in [6, 6.07) is 2.49. The van der Waals surface area contributed by atoms with E-state index in [0.29, 0.717) is 6.04 Å². The maximum Gasteiger partial charge on any atom is 0.110 e. The van der Waals surface area contributed by atoms with Gasteiger partial charge < -0.3 is 10.3 Å². The van der Waals surface area contributed by atoms with Gasteiger partial charge in [0.05, 0.1) is 11.7 Å². The van der Waals surface area contributed by atoms with Crippen molar-refractivity contribution in [3.8, 4) is 0 Å². The summed E-state index contributed by atoms with van der Waals surface area (Å²) in [6.45, 7) is 7.47. The van der Waals surface area contributed by atoms with Crippen LogP contribution in [0.15, 0.2) is 18.5 Å². The molecule has 0 fully saturated rings. The molecule has 0 radical (unpaired) electrons. The van der Waals surface area contributed by atoms with Crippen LogP contribution in [0.1, 0.15) is 58.3 Å². The lowest BCUT2D eigenvalue weighted by molar-refractivity contribution is 0.412. The van der Waals surface area contributed by atoms with Crippen LogP contribution in [-0.2, 0) is 6.42 Å². The lowest BCUT2D eigenvalue weighted by Gasteiger charge is -2.17. The molecule has 116 valence electrons. The highest BCUT2D eigenvalue weighted by Crippen LogP contribution is 2.23. The molecule has 4 heteroatoms. The summed E-state index contributed by atoms with van der Waals surface area (Å²) >= 11 is 0. The Morgan fingerprint density at radius 2 is 2.05 bits per heavy atom. The minimum absolute atomic E-state index is 0.423. The Balaban J connectivity index is 2.19. The van der Waals surface area contributed by atoms with E-state index in [1.54, 1.807) is 0 Å². The van der Waals surface area contributed by atoms with Crippen molar-refractivity contribution in [1.82, 2.24) is 14.5 Å². The van der Waals surface area contributed by atoms with Gasteiger partial charge in [-0.1, -0.05) is 19.8 Å². The number of imidazole rings is 1. The summed E-state index contributed by atoms with van der Waals surface area (Å²) in [7, 11) is 0. The molecule has 21 heavy (non-hydrogen) atoms. The standard InChI is InChI=1S/C17H28N4/c1-4-5-14(8-10-18)6-7-17-20-15-12-19-11-9-16(15)21(17)13(2)3/h9,11-14H,4-8,10,18H2,1-3H3. The molecule has 2 N–H and O–H groups in total. The lowest BCUT2D eigenvalue weighted by Crippen LogP contribution is -2.12. The van der Waals surface area contributed by atoms with Crippen LogP contribution in [0, 0.1) is 5.92 Å². The fourth-order valence-electron chi connectivity index (χ4n) is 3.16. The van der Waals surface area contributed by atoms with Gasteiger partial charge in [-0.3, -0.25) is 4.98 Å². The second-order valence-electron chi connectivity index (χ2n) is 6.13. The fraction of sp³-hybridized carbons (Fsp3) is 0.647. The quantitative estimate of drug-likeness (QED) is 0.805. The smallest absolute Gasteiger partial charge is 0.110 e. The molecule has 1 unspecified atom stereocenters. The van der Waals surface area contributed by atoms with E-state index in [9.17, 15) is 0 Å². The zero-order valence-corrected chi connectivity index (χ0v) is 13.5. The van der Waals surface area contributed by atoms with Crippen molar-refractivity contribution in [2.45, 2.75) is 58.9 Å². The van der Waals surface area contributed by atoms with Gasteiger partial charge in [-0.05, 0) is 45.2 Å². The van der Waals surface area contributed by atoms with Crippen LogP contribution < -0.4 is 5.73 Å². The van der Waals surface area contributed by atoms with E-state index in [-0.39, 0.29) is 0 Å². The first-order chi connectivity index (χ1) is 10.2. The van der Waals surface area contributed by atoms with Crippen LogP contribution in [0.2, 0.25) is 0 Å². The Morgan fingerprint density at radius 3 is 2.71 bits per heavy atom. The molecule has 2 aromatic heterocycles. The van der Waals surface area contributed by atoms with Gasteiger partial charge in [0.2, 0.25) is 0 Å². The van der Waals surface area contributed by atoms with E-state index < -0.39 is 0 Å². The summed E-state index contributed by atoms with van der Waals surface area (Å²) < 4.78 is 2.35. The number of aryl methyl sites for hydroxylation is 1. The van der Waals surface area contributed by atoms with E-state index in [1.165, 1.54) is 30.6 Å². The van der Waals surface area contributed by atoms with Crippen molar-refractivity contribution in [3.63, 3.8) is 0 Å². The number of rotatable bonds is 8. The van der Waals surface area contributed by atoms with Gasteiger partial charge in [0.1, 0.15) is 11.3 Å². The molecule has 0 spiro atoms. The van der Waals surface area contributed by atoms with E-state index in [1.807, 2.05) is 12.4 Å². The monoisotopic (exact) mass is 288 g/mol. The number of nitrogens with zero attached hydrogens (tertiary/aromatic N) is 3. The second-order valence-corrected chi connectivity index (χ2v) is 6.13. The molecule has 0 amide bonds. The largest absolute Gasteiger partial charge is 0.330 e. The molecular formula is C17H28N4. The summed E-state index contributed by atoms with van der Waals surface area (Å²) in [6.07, 6.45) is 9.53. The topological polar surface area (TPSA) is 56.7 Å². The first-order valence-corrected chi connectivity index (χ1v) is 8.18. The summed E-state index contributed by atoms with van der Waals surface area (Å²) in [4.78, 5) is 8.98. The van der Waals surface area contributed by atoms with Crippen LogP contribution in [-0.4, -0.2) is 21.1 Å². The number of aromatic nitrogens is 3. The molecule has 0 aliphatic rings. The number of fused-ring (bicyclic) bond motifs is 1. The summed E-state index contributed by atoms with van der Waals surface area (Å²) in [5, 5.41) is 0. The normalized spacial score (nSPS) is 13.2. The van der Waals surface area contributed by atoms with Gasteiger partial charge in [-0.2, -0.15) is 0 Å². The summed E-state index contributed by atoms with van der Waals surface area (Å²) in [5.74, 6) is 1.91. The van der Waals surface area contributed by atoms with Gasteiger partial charge in [0, 0.05) is 18.7 Å². The number of hydrogen-bond acceptors (Lipinski definition) is 3. The Bertz CT molecular complexity index is 553. The van der Waals surface area contributed by atoms with Crippen LogP contribution in [0.25, 0.3) is 11.0 Å². The van der Waals surface area contributed by atoms with Crippen LogP contribution in [0.3, 0.4) is 0 Å². The molecule has 0 aliphatic heterocycles. The molecular weight excluding hydrogens is 260 g/mol. The van der Waals surface area contributed by atoms with Gasteiger partial charge in [-0.15, -0.1) is 0 Å². The highest BCUT2D eigenvalue weighted by Gasteiger charge is 2.15. The van der Waals surface area contributed by atoms with Crippen molar-refractivity contribution < 1.29 is 0 Å². The van der Waals surface area contributed by atoms with Crippen LogP contribution in [0.4, 0.5) is 0 Å². The highest BCUT2D eigenvalue weighted by atomic mass is 15.1. The number of pyridine rings is 1. The molecule has 1 atom stereocenters. The molecule has 0 bridgehead atoms. The second kappa shape index (κ2) is 7.55. The Morgan fingerprint density at radius 1 is 1.24 bits per heavy atom. The number of nitrogens with two attached hydrogens (primary N) is 1. The van der Waals surface area contributed by atoms with Crippen molar-refractivity contribution in [3.05, 3.63) is 24.3 Å². The Hall–Kier alpha value is -1.42. The Kier molecular flexibility index (Phi) is 5.74. The third kappa shape index (κ3) is 3.82. The molecule has 2 aromatic rings. The Labute approximate surface area is 127 Å². The predicted octanol–water partition coefficient (Wildman–Crippen LogP) is 3.71. The minimum atomic E-state index is 0.423. The molecule has 0 aliphatic carbocycles. The van der Waals surface area contributed by atoms with Crippen molar-refractivity contribution in [2.75, 3.05) is 6.54 Å². The predicted molar refractivity (Wildman–Crippen MR) is 88.3 cm³/mol. The van der Waals surface area contributed by atoms with Gasteiger partial charge in [-0.25, -0.2) is 4.98 Å². The minimum Gasteiger partial charge on any atom is -0.330 e. The molecule has 2 rings (SSSR count). The third-order valence-corrected chi connectivity index (χ3v) is 4.13. The van der Waals surface area contributed by atoms with Crippen molar-refractivity contribution in [2.24, 2.45) is 11.7 Å². The molecule has 0 saturated carbocycles.